The first kappa shape index (κ1) is 30.6. The van der Waals surface area contributed by atoms with Crippen LogP contribution in [0.1, 0.15) is 54.1 Å². The molecule has 1 heterocycles. The smallest absolute Gasteiger partial charge is 0.258 e. The Morgan fingerprint density at radius 1 is 0.884 bits per heavy atom. The molecule has 0 fully saturated rings. The maximum Gasteiger partial charge on any atom is 0.258 e. The number of unbranched alkanes of at least 4 members (excludes halogenated alkanes) is 1. The molecule has 6 nitrogen and oxygen atoms in total. The second kappa shape index (κ2) is 14.1. The highest BCUT2D eigenvalue weighted by Crippen LogP contribution is 2.37. The molecule has 0 unspecified atom stereocenters. The lowest BCUT2D eigenvalue weighted by atomic mass is 10.0. The minimum Gasteiger partial charge on any atom is -0.354 e. The van der Waals surface area contributed by atoms with Gasteiger partial charge < -0.3 is 15.1 Å². The Morgan fingerprint density at radius 3 is 2.40 bits per heavy atom. The van der Waals surface area contributed by atoms with E-state index >= 15 is 0 Å². The van der Waals surface area contributed by atoms with Gasteiger partial charge in [0.25, 0.3) is 5.91 Å². The van der Waals surface area contributed by atoms with E-state index in [4.69, 9.17) is 23.2 Å². The maximum absolute atomic E-state index is 14.0. The van der Waals surface area contributed by atoms with Crippen LogP contribution in [0.2, 0.25) is 10.0 Å². The zero-order valence-electron chi connectivity index (χ0n) is 24.2. The van der Waals surface area contributed by atoms with Crippen LogP contribution in [0.4, 0.5) is 5.69 Å². The fourth-order valence-electron chi connectivity index (χ4n) is 5.63. The van der Waals surface area contributed by atoms with Crippen LogP contribution in [0.15, 0.2) is 84.9 Å². The monoisotopic (exact) mass is 615 g/mol. The highest BCUT2D eigenvalue weighted by atomic mass is 35.5. The minimum absolute atomic E-state index is 0.0517. The van der Waals surface area contributed by atoms with E-state index in [1.807, 2.05) is 72.8 Å². The summed E-state index contributed by atoms with van der Waals surface area (Å²) in [6.45, 7) is 3.20. The van der Waals surface area contributed by atoms with E-state index in [9.17, 15) is 14.4 Å². The van der Waals surface area contributed by atoms with E-state index in [2.05, 4.69) is 12.2 Å². The summed E-state index contributed by atoms with van der Waals surface area (Å²) in [5.41, 5.74) is 3.29. The molecule has 43 heavy (non-hydrogen) atoms. The van der Waals surface area contributed by atoms with Crippen molar-refractivity contribution in [3.8, 4) is 0 Å². The molecule has 0 bridgehead atoms. The fraction of sp³-hybridized carbons (Fsp3) is 0.286. The summed E-state index contributed by atoms with van der Waals surface area (Å²) in [5, 5.41) is 5.83. The van der Waals surface area contributed by atoms with Crippen LogP contribution in [-0.2, 0) is 22.6 Å². The molecule has 0 aromatic heterocycles. The summed E-state index contributed by atoms with van der Waals surface area (Å²) < 4.78 is 0. The Hall–Kier alpha value is -3.87. The number of hydrogen-bond acceptors (Lipinski definition) is 3. The van der Waals surface area contributed by atoms with E-state index in [1.165, 1.54) is 0 Å². The number of rotatable bonds is 13. The van der Waals surface area contributed by atoms with E-state index in [1.54, 1.807) is 21.9 Å². The largest absolute Gasteiger partial charge is 0.354 e. The Kier molecular flexibility index (Phi) is 10.0. The van der Waals surface area contributed by atoms with Gasteiger partial charge in [-0.15, -0.1) is 0 Å². The second-order valence-electron chi connectivity index (χ2n) is 10.9. The van der Waals surface area contributed by atoms with Crippen molar-refractivity contribution in [3.63, 3.8) is 0 Å². The Bertz CT molecular complexity index is 1620. The molecule has 1 aliphatic heterocycles. The summed E-state index contributed by atoms with van der Waals surface area (Å²) in [7, 11) is 0. The van der Waals surface area contributed by atoms with Crippen LogP contribution < -0.4 is 10.2 Å². The van der Waals surface area contributed by atoms with Crippen LogP contribution in [-0.4, -0.2) is 41.8 Å². The third-order valence-corrected chi connectivity index (χ3v) is 8.60. The highest BCUT2D eigenvalue weighted by Gasteiger charge is 2.32. The standard InChI is InChI=1S/C35H35Cl2N3O3/c1-2-3-19-38-34(42)31(22-24-10-5-4-6-11-24)40(23-25-17-18-28(36)29(37)21-25)32(41)16-9-20-39-30-15-8-13-26-12-7-14-27(33(26)30)35(39)43/h4-8,10-15,17-18,21,31H,2-3,9,16,19-20,22-23H2,1H3,(H,38,42)/t31-/m1/s1. The fourth-order valence-corrected chi connectivity index (χ4v) is 5.95. The average molecular weight is 617 g/mol. The van der Waals surface area contributed by atoms with Gasteiger partial charge in [0.15, 0.2) is 0 Å². The van der Waals surface area contributed by atoms with Crippen LogP contribution in [0.3, 0.4) is 0 Å². The van der Waals surface area contributed by atoms with Gasteiger partial charge >= 0.3 is 0 Å². The summed E-state index contributed by atoms with van der Waals surface area (Å²) >= 11 is 12.5. The molecule has 4 aromatic carbocycles. The molecule has 0 saturated carbocycles. The van der Waals surface area contributed by atoms with E-state index in [0.717, 1.165) is 40.4 Å². The minimum atomic E-state index is -0.729. The Morgan fingerprint density at radius 2 is 1.65 bits per heavy atom. The van der Waals surface area contributed by atoms with Crippen molar-refractivity contribution in [1.82, 2.24) is 10.2 Å². The zero-order valence-corrected chi connectivity index (χ0v) is 25.7. The number of hydrogen-bond donors (Lipinski definition) is 1. The molecule has 0 spiro atoms. The molecule has 1 N–H and O–H groups in total. The van der Waals surface area contributed by atoms with Gasteiger partial charge in [0.1, 0.15) is 6.04 Å². The summed E-state index contributed by atoms with van der Waals surface area (Å²) in [6, 6.07) is 25.9. The Balaban J connectivity index is 1.38. The number of nitrogens with one attached hydrogen (secondary N) is 1. The molecule has 5 rings (SSSR count). The van der Waals surface area contributed by atoms with E-state index in [0.29, 0.717) is 41.5 Å². The molecule has 4 aromatic rings. The van der Waals surface area contributed by atoms with Crippen LogP contribution in [0.5, 0.6) is 0 Å². The van der Waals surface area contributed by atoms with Crippen molar-refractivity contribution in [3.05, 3.63) is 112 Å². The maximum atomic E-state index is 14.0. The molecule has 1 atom stereocenters. The molecule has 0 saturated heterocycles. The number of benzene rings is 4. The van der Waals surface area contributed by atoms with Gasteiger partial charge in [-0.05, 0) is 53.6 Å². The summed E-state index contributed by atoms with van der Waals surface area (Å²) in [4.78, 5) is 44.3. The molecule has 0 radical (unpaired) electrons. The van der Waals surface area contributed by atoms with Gasteiger partial charge in [-0.2, -0.15) is 0 Å². The number of carbonyl (C=O) groups excluding carboxylic acids is 3. The Labute approximate surface area is 262 Å². The van der Waals surface area contributed by atoms with Crippen LogP contribution in [0.25, 0.3) is 10.8 Å². The second-order valence-corrected chi connectivity index (χ2v) is 11.7. The molecule has 3 amide bonds. The van der Waals surface area contributed by atoms with Gasteiger partial charge in [-0.1, -0.05) is 97.2 Å². The molecule has 222 valence electrons. The van der Waals surface area contributed by atoms with E-state index < -0.39 is 6.04 Å². The normalized spacial score (nSPS) is 12.9. The predicted octanol–water partition coefficient (Wildman–Crippen LogP) is 7.44. The number of nitrogens with zero attached hydrogens (tertiary/aromatic N) is 2. The van der Waals surface area contributed by atoms with Crippen molar-refractivity contribution < 1.29 is 14.4 Å². The first-order valence-corrected chi connectivity index (χ1v) is 15.5. The lowest BCUT2D eigenvalue weighted by Crippen LogP contribution is -2.50. The number of amides is 3. The molecular weight excluding hydrogens is 581 g/mol. The predicted molar refractivity (Wildman–Crippen MR) is 174 cm³/mol. The third kappa shape index (κ3) is 7.03. The average Bonchev–Trinajstić information content (AvgIpc) is 3.29. The molecule has 0 aliphatic carbocycles. The number of anilines is 1. The quantitative estimate of drug-likeness (QED) is 0.159. The van der Waals surface area contributed by atoms with Gasteiger partial charge in [-0.25, -0.2) is 0 Å². The van der Waals surface area contributed by atoms with Crippen LogP contribution in [0, 0.1) is 0 Å². The number of halogens is 2. The first-order valence-electron chi connectivity index (χ1n) is 14.8. The topological polar surface area (TPSA) is 69.7 Å². The van der Waals surface area contributed by atoms with Crippen molar-refractivity contribution in [2.45, 2.75) is 51.6 Å². The third-order valence-electron chi connectivity index (χ3n) is 7.86. The highest BCUT2D eigenvalue weighted by molar-refractivity contribution is 6.42. The van der Waals surface area contributed by atoms with E-state index in [-0.39, 0.29) is 30.7 Å². The molecule has 1 aliphatic rings. The van der Waals surface area contributed by atoms with Crippen molar-refractivity contribution >= 4 is 57.4 Å². The van der Waals surface area contributed by atoms with Gasteiger partial charge in [0.05, 0.1) is 15.7 Å². The van der Waals surface area contributed by atoms with Crippen LogP contribution >= 0.6 is 23.2 Å². The van der Waals surface area contributed by atoms with Gasteiger partial charge in [0, 0.05) is 43.4 Å². The lowest BCUT2D eigenvalue weighted by molar-refractivity contribution is -0.141. The van der Waals surface area contributed by atoms with Crippen molar-refractivity contribution in [2.24, 2.45) is 0 Å². The first-order chi connectivity index (χ1) is 20.9. The molecular formula is C35H35Cl2N3O3. The lowest BCUT2D eigenvalue weighted by Gasteiger charge is -2.32. The summed E-state index contributed by atoms with van der Waals surface area (Å²) in [5.74, 6) is -0.410. The number of carbonyl (C=O) groups is 3. The van der Waals surface area contributed by atoms with Gasteiger partial charge in [0.2, 0.25) is 11.8 Å². The van der Waals surface area contributed by atoms with Crippen molar-refractivity contribution in [2.75, 3.05) is 18.0 Å². The summed E-state index contributed by atoms with van der Waals surface area (Å²) in [6.07, 6.45) is 2.78. The SMILES string of the molecule is CCCCNC(=O)[C@@H](Cc1ccccc1)N(Cc1ccc(Cl)c(Cl)c1)C(=O)CCCN1C(=O)c2cccc3cccc1c23. The molecule has 8 heteroatoms. The zero-order chi connectivity index (χ0) is 30.3. The van der Waals surface area contributed by atoms with Gasteiger partial charge in [-0.3, -0.25) is 14.4 Å². The van der Waals surface area contributed by atoms with Crippen molar-refractivity contribution in [1.29, 1.82) is 0 Å².